The van der Waals surface area contributed by atoms with Gasteiger partial charge in [0.1, 0.15) is 5.76 Å². The molecule has 0 radical (unpaired) electrons. The number of benzene rings is 1. The fraction of sp³-hybridized carbons (Fsp3) is 0.312. The highest BCUT2D eigenvalue weighted by molar-refractivity contribution is 7.99. The molecule has 0 aliphatic carbocycles. The first kappa shape index (κ1) is 18.3. The fourth-order valence-corrected chi connectivity index (χ4v) is 5.26. The lowest BCUT2D eigenvalue weighted by molar-refractivity contribution is 0.0948. The Hall–Kier alpha value is -1.48. The van der Waals surface area contributed by atoms with Crippen LogP contribution in [0.1, 0.15) is 16.1 Å². The quantitative estimate of drug-likeness (QED) is 0.834. The molecule has 2 heterocycles. The summed E-state index contributed by atoms with van der Waals surface area (Å²) in [4.78, 5) is 12.4. The summed E-state index contributed by atoms with van der Waals surface area (Å²) in [6.07, 6.45) is 1.51. The highest BCUT2D eigenvalue weighted by Crippen LogP contribution is 2.25. The summed E-state index contributed by atoms with van der Waals surface area (Å²) in [5.74, 6) is 1.68. The molecule has 134 valence electrons. The Morgan fingerprint density at radius 3 is 2.72 bits per heavy atom. The maximum atomic E-state index is 12.7. The summed E-state index contributed by atoms with van der Waals surface area (Å²) in [7, 11) is -3.63. The van der Waals surface area contributed by atoms with Crippen LogP contribution in [-0.4, -0.2) is 43.2 Å². The van der Waals surface area contributed by atoms with Gasteiger partial charge in [-0.15, -0.1) is 0 Å². The lowest BCUT2D eigenvalue weighted by Crippen LogP contribution is -2.38. The van der Waals surface area contributed by atoms with E-state index in [0.29, 0.717) is 18.8 Å². The topological polar surface area (TPSA) is 79.6 Å². The summed E-state index contributed by atoms with van der Waals surface area (Å²) in [6.45, 7) is 1.13. The average Bonchev–Trinajstić information content (AvgIpc) is 3.14. The molecule has 1 amide bonds. The lowest BCUT2D eigenvalue weighted by atomic mass is 10.2. The van der Waals surface area contributed by atoms with E-state index in [0.717, 1.165) is 11.5 Å². The van der Waals surface area contributed by atoms with E-state index in [2.05, 4.69) is 5.32 Å². The summed E-state index contributed by atoms with van der Waals surface area (Å²) in [6, 6.07) is 7.66. The molecule has 0 bridgehead atoms. The number of sulfonamides is 1. The third kappa shape index (κ3) is 4.20. The van der Waals surface area contributed by atoms with Gasteiger partial charge in [0.05, 0.1) is 28.3 Å². The van der Waals surface area contributed by atoms with Gasteiger partial charge in [0.15, 0.2) is 0 Å². The first-order valence-corrected chi connectivity index (χ1v) is 10.6. The number of nitrogens with zero attached hydrogens (tertiary/aromatic N) is 1. The van der Waals surface area contributed by atoms with Gasteiger partial charge in [0.25, 0.3) is 5.91 Å². The maximum Gasteiger partial charge on any atom is 0.253 e. The van der Waals surface area contributed by atoms with Crippen LogP contribution in [0.2, 0.25) is 5.02 Å². The zero-order valence-corrected chi connectivity index (χ0v) is 15.7. The van der Waals surface area contributed by atoms with Crippen molar-refractivity contribution in [1.29, 1.82) is 0 Å². The summed E-state index contributed by atoms with van der Waals surface area (Å²) < 4.78 is 32.1. The largest absolute Gasteiger partial charge is 0.467 e. The molecule has 2 aromatic rings. The molecule has 1 aromatic carbocycles. The second kappa shape index (κ2) is 7.82. The van der Waals surface area contributed by atoms with Gasteiger partial charge in [-0.2, -0.15) is 16.1 Å². The van der Waals surface area contributed by atoms with Gasteiger partial charge >= 0.3 is 0 Å². The van der Waals surface area contributed by atoms with Gasteiger partial charge in [0.2, 0.25) is 10.0 Å². The van der Waals surface area contributed by atoms with Crippen molar-refractivity contribution in [2.24, 2.45) is 0 Å². The maximum absolute atomic E-state index is 12.7. The number of amides is 1. The first-order valence-electron chi connectivity index (χ1n) is 7.66. The number of hydrogen-bond donors (Lipinski definition) is 1. The van der Waals surface area contributed by atoms with E-state index in [9.17, 15) is 13.2 Å². The molecule has 25 heavy (non-hydrogen) atoms. The number of thioether (sulfide) groups is 1. The van der Waals surface area contributed by atoms with Crippen molar-refractivity contribution in [2.75, 3.05) is 24.6 Å². The Kier molecular flexibility index (Phi) is 5.73. The van der Waals surface area contributed by atoms with Crippen molar-refractivity contribution in [3.8, 4) is 0 Å². The van der Waals surface area contributed by atoms with Crippen LogP contribution in [0.4, 0.5) is 0 Å². The average molecular weight is 401 g/mol. The van der Waals surface area contributed by atoms with E-state index < -0.39 is 15.9 Å². The van der Waals surface area contributed by atoms with E-state index >= 15 is 0 Å². The SMILES string of the molecule is O=C(NCc1ccco1)c1cc(S(=O)(=O)N2CCSCC2)ccc1Cl. The van der Waals surface area contributed by atoms with Gasteiger partial charge in [0, 0.05) is 24.6 Å². The zero-order valence-electron chi connectivity index (χ0n) is 13.3. The highest BCUT2D eigenvalue weighted by Gasteiger charge is 2.27. The Balaban J connectivity index is 1.81. The molecular weight excluding hydrogens is 384 g/mol. The van der Waals surface area contributed by atoms with Crippen molar-refractivity contribution < 1.29 is 17.6 Å². The molecule has 0 saturated carbocycles. The van der Waals surface area contributed by atoms with Gasteiger partial charge in [-0.05, 0) is 30.3 Å². The van der Waals surface area contributed by atoms with Gasteiger partial charge in [-0.25, -0.2) is 8.42 Å². The summed E-state index contributed by atoms with van der Waals surface area (Å²) in [5, 5.41) is 2.87. The molecule has 1 fully saturated rings. The Morgan fingerprint density at radius 2 is 2.04 bits per heavy atom. The van der Waals surface area contributed by atoms with E-state index in [-0.39, 0.29) is 22.0 Å². The second-order valence-electron chi connectivity index (χ2n) is 5.42. The summed E-state index contributed by atoms with van der Waals surface area (Å²) >= 11 is 7.82. The predicted octanol–water partition coefficient (Wildman–Crippen LogP) is 2.60. The monoisotopic (exact) mass is 400 g/mol. The third-order valence-corrected chi connectivity index (χ3v) is 6.96. The molecular formula is C16H17ClN2O4S2. The number of carbonyl (C=O) groups excluding carboxylic acids is 1. The number of carbonyl (C=O) groups is 1. The first-order chi connectivity index (χ1) is 12.0. The van der Waals surface area contributed by atoms with Crippen LogP contribution < -0.4 is 5.32 Å². The van der Waals surface area contributed by atoms with Crippen LogP contribution in [0.15, 0.2) is 45.9 Å². The van der Waals surface area contributed by atoms with Crippen molar-refractivity contribution in [2.45, 2.75) is 11.4 Å². The third-order valence-electron chi connectivity index (χ3n) is 3.79. The number of hydrogen-bond acceptors (Lipinski definition) is 5. The summed E-state index contributed by atoms with van der Waals surface area (Å²) in [5.41, 5.74) is 0.126. The zero-order chi connectivity index (χ0) is 17.9. The molecule has 1 aromatic heterocycles. The Labute approximate surface area is 155 Å². The molecule has 3 rings (SSSR count). The van der Waals surface area contributed by atoms with Crippen molar-refractivity contribution in [3.05, 3.63) is 52.9 Å². The minimum absolute atomic E-state index is 0.0759. The van der Waals surface area contributed by atoms with Crippen LogP contribution in [0.3, 0.4) is 0 Å². The molecule has 6 nitrogen and oxygen atoms in total. The van der Waals surface area contributed by atoms with E-state index in [4.69, 9.17) is 16.0 Å². The molecule has 1 aliphatic rings. The smallest absolute Gasteiger partial charge is 0.253 e. The van der Waals surface area contributed by atoms with Crippen LogP contribution in [-0.2, 0) is 16.6 Å². The van der Waals surface area contributed by atoms with Crippen LogP contribution in [0, 0.1) is 0 Å². The molecule has 0 spiro atoms. The van der Waals surface area contributed by atoms with Crippen molar-refractivity contribution in [1.82, 2.24) is 9.62 Å². The van der Waals surface area contributed by atoms with Gasteiger partial charge in [-0.1, -0.05) is 11.6 Å². The molecule has 1 aliphatic heterocycles. The Bertz CT molecular complexity index is 847. The van der Waals surface area contributed by atoms with E-state index in [1.165, 1.54) is 28.8 Å². The van der Waals surface area contributed by atoms with Gasteiger partial charge < -0.3 is 9.73 Å². The molecule has 0 atom stereocenters. The second-order valence-corrected chi connectivity index (χ2v) is 8.99. The van der Waals surface area contributed by atoms with Crippen LogP contribution in [0.5, 0.6) is 0 Å². The number of halogens is 1. The number of rotatable bonds is 5. The molecule has 1 saturated heterocycles. The predicted molar refractivity (Wildman–Crippen MR) is 97.4 cm³/mol. The molecule has 9 heteroatoms. The highest BCUT2D eigenvalue weighted by atomic mass is 35.5. The lowest BCUT2D eigenvalue weighted by Gasteiger charge is -2.25. The van der Waals surface area contributed by atoms with E-state index in [1.54, 1.807) is 23.9 Å². The van der Waals surface area contributed by atoms with Crippen molar-refractivity contribution in [3.63, 3.8) is 0 Å². The standard InChI is InChI=1S/C16H17ClN2O4S2/c17-15-4-3-13(25(21,22)19-5-8-24-9-6-19)10-14(15)16(20)18-11-12-2-1-7-23-12/h1-4,7,10H,5-6,8-9,11H2,(H,18,20). The minimum Gasteiger partial charge on any atom is -0.467 e. The molecule has 1 N–H and O–H groups in total. The fourth-order valence-electron chi connectivity index (χ4n) is 2.45. The normalized spacial score (nSPS) is 15.9. The molecule has 0 unspecified atom stereocenters. The Morgan fingerprint density at radius 1 is 1.28 bits per heavy atom. The number of nitrogens with one attached hydrogen (secondary N) is 1. The van der Waals surface area contributed by atoms with E-state index in [1.807, 2.05) is 0 Å². The van der Waals surface area contributed by atoms with Crippen LogP contribution in [0.25, 0.3) is 0 Å². The van der Waals surface area contributed by atoms with Crippen molar-refractivity contribution >= 4 is 39.3 Å². The van der Waals surface area contributed by atoms with Crippen LogP contribution >= 0.6 is 23.4 Å². The minimum atomic E-state index is -3.63. The van der Waals surface area contributed by atoms with Gasteiger partial charge in [-0.3, -0.25) is 4.79 Å². The number of furan rings is 1.